The van der Waals surface area contributed by atoms with Crippen LogP contribution in [0.2, 0.25) is 0 Å². The van der Waals surface area contributed by atoms with Gasteiger partial charge >= 0.3 is 0 Å². The van der Waals surface area contributed by atoms with Gasteiger partial charge in [-0.05, 0) is 31.9 Å². The molecule has 0 atom stereocenters. The van der Waals surface area contributed by atoms with E-state index in [9.17, 15) is 9.59 Å². The van der Waals surface area contributed by atoms with Gasteiger partial charge in [0.15, 0.2) is 0 Å². The summed E-state index contributed by atoms with van der Waals surface area (Å²) in [5, 5.41) is 3.04. The molecule has 1 amide bonds. The van der Waals surface area contributed by atoms with Gasteiger partial charge in [-0.25, -0.2) is 4.98 Å². The second-order valence-corrected chi connectivity index (χ2v) is 6.29. The van der Waals surface area contributed by atoms with Crippen molar-refractivity contribution < 1.29 is 4.79 Å². The molecule has 3 rings (SSSR count). The molecule has 1 aliphatic rings. The monoisotopic (exact) mass is 326 g/mol. The fourth-order valence-corrected chi connectivity index (χ4v) is 3.15. The van der Waals surface area contributed by atoms with E-state index >= 15 is 0 Å². The minimum atomic E-state index is -0.256. The van der Waals surface area contributed by atoms with Gasteiger partial charge in [-0.1, -0.05) is 19.3 Å². The number of carbonyl (C=O) groups excluding carboxylic acids is 1. The number of aromatic amines is 1. The van der Waals surface area contributed by atoms with Gasteiger partial charge < -0.3 is 10.3 Å². The highest BCUT2D eigenvalue weighted by atomic mass is 16.2. The Kier molecular flexibility index (Phi) is 5.03. The Morgan fingerprint density at radius 3 is 2.62 bits per heavy atom. The van der Waals surface area contributed by atoms with Crippen molar-refractivity contribution in [3.8, 4) is 11.4 Å². The molecule has 1 saturated carbocycles. The highest BCUT2D eigenvalue weighted by molar-refractivity contribution is 5.79. The maximum absolute atomic E-state index is 12.4. The maximum atomic E-state index is 12.4. The number of hydrogen-bond acceptors (Lipinski definition) is 4. The number of nitrogens with one attached hydrogen (secondary N) is 2. The SMILES string of the molecule is Cc1nc(-c2ccncc2)[nH]c(=O)c1CC(=O)NC1CCCCC1. The van der Waals surface area contributed by atoms with E-state index in [0.717, 1.165) is 31.2 Å². The van der Waals surface area contributed by atoms with Crippen LogP contribution in [0.5, 0.6) is 0 Å². The van der Waals surface area contributed by atoms with Crippen molar-refractivity contribution >= 4 is 5.91 Å². The summed E-state index contributed by atoms with van der Waals surface area (Å²) >= 11 is 0. The van der Waals surface area contributed by atoms with Gasteiger partial charge in [-0.15, -0.1) is 0 Å². The topological polar surface area (TPSA) is 87.7 Å². The summed E-state index contributed by atoms with van der Waals surface area (Å²) in [6.45, 7) is 1.77. The van der Waals surface area contributed by atoms with Gasteiger partial charge in [0, 0.05) is 35.3 Å². The average Bonchev–Trinajstić information content (AvgIpc) is 2.59. The minimum absolute atomic E-state index is 0.0707. The quantitative estimate of drug-likeness (QED) is 0.901. The van der Waals surface area contributed by atoms with Crippen LogP contribution in [0.15, 0.2) is 29.3 Å². The number of hydrogen-bond donors (Lipinski definition) is 2. The summed E-state index contributed by atoms with van der Waals surface area (Å²) in [4.78, 5) is 35.8. The van der Waals surface area contributed by atoms with Crippen LogP contribution < -0.4 is 10.9 Å². The van der Waals surface area contributed by atoms with Crippen molar-refractivity contribution in [3.63, 3.8) is 0 Å². The first kappa shape index (κ1) is 16.4. The summed E-state index contributed by atoms with van der Waals surface area (Å²) in [7, 11) is 0. The van der Waals surface area contributed by atoms with E-state index in [2.05, 4.69) is 20.3 Å². The second-order valence-electron chi connectivity index (χ2n) is 6.29. The molecule has 2 N–H and O–H groups in total. The van der Waals surface area contributed by atoms with E-state index in [0.29, 0.717) is 17.1 Å². The molecule has 6 heteroatoms. The Hall–Kier alpha value is -2.50. The molecule has 0 aliphatic heterocycles. The molecule has 24 heavy (non-hydrogen) atoms. The molecule has 1 aliphatic carbocycles. The molecule has 0 aromatic carbocycles. The van der Waals surface area contributed by atoms with Crippen molar-refractivity contribution in [3.05, 3.63) is 46.1 Å². The molecule has 2 aromatic heterocycles. The number of aryl methyl sites for hydroxylation is 1. The van der Waals surface area contributed by atoms with E-state index in [-0.39, 0.29) is 23.9 Å². The van der Waals surface area contributed by atoms with Crippen LogP contribution >= 0.6 is 0 Å². The van der Waals surface area contributed by atoms with Crippen molar-refractivity contribution in [1.29, 1.82) is 0 Å². The second kappa shape index (κ2) is 7.38. The van der Waals surface area contributed by atoms with Crippen LogP contribution in [0, 0.1) is 6.92 Å². The van der Waals surface area contributed by atoms with E-state index in [4.69, 9.17) is 0 Å². The first-order valence-corrected chi connectivity index (χ1v) is 8.43. The minimum Gasteiger partial charge on any atom is -0.353 e. The summed E-state index contributed by atoms with van der Waals surface area (Å²) in [5.41, 5.74) is 1.56. The highest BCUT2D eigenvalue weighted by Gasteiger charge is 2.18. The van der Waals surface area contributed by atoms with Crippen LogP contribution in [-0.4, -0.2) is 26.9 Å². The van der Waals surface area contributed by atoms with Crippen LogP contribution in [-0.2, 0) is 11.2 Å². The number of pyridine rings is 1. The number of rotatable bonds is 4. The van der Waals surface area contributed by atoms with E-state index in [1.165, 1.54) is 6.42 Å². The van der Waals surface area contributed by atoms with E-state index in [1.807, 2.05) is 0 Å². The van der Waals surface area contributed by atoms with Gasteiger partial charge in [0.05, 0.1) is 6.42 Å². The number of aromatic nitrogens is 3. The summed E-state index contributed by atoms with van der Waals surface area (Å²) in [6, 6.07) is 3.81. The predicted molar refractivity (Wildman–Crippen MR) is 91.5 cm³/mol. The van der Waals surface area contributed by atoms with Gasteiger partial charge in [-0.3, -0.25) is 14.6 Å². The molecule has 0 bridgehead atoms. The zero-order valence-corrected chi connectivity index (χ0v) is 13.8. The molecular weight excluding hydrogens is 304 g/mol. The molecule has 2 aromatic rings. The Balaban J connectivity index is 1.74. The van der Waals surface area contributed by atoms with Gasteiger partial charge in [-0.2, -0.15) is 0 Å². The van der Waals surface area contributed by atoms with Crippen LogP contribution in [0.4, 0.5) is 0 Å². The summed E-state index contributed by atoms with van der Waals surface area (Å²) < 4.78 is 0. The molecule has 2 heterocycles. The number of H-pyrrole nitrogens is 1. The number of amides is 1. The summed E-state index contributed by atoms with van der Waals surface area (Å²) in [6.07, 6.45) is 8.99. The van der Waals surface area contributed by atoms with Gasteiger partial charge in [0.2, 0.25) is 5.91 Å². The predicted octanol–water partition coefficient (Wildman–Crippen LogP) is 2.13. The van der Waals surface area contributed by atoms with Crippen LogP contribution in [0.25, 0.3) is 11.4 Å². The summed E-state index contributed by atoms with van der Waals surface area (Å²) in [5.74, 6) is 0.394. The lowest BCUT2D eigenvalue weighted by atomic mass is 9.95. The third-order valence-corrected chi connectivity index (χ3v) is 4.48. The van der Waals surface area contributed by atoms with Crippen LogP contribution in [0.3, 0.4) is 0 Å². The molecule has 126 valence electrons. The first-order valence-electron chi connectivity index (χ1n) is 8.43. The molecular formula is C18H22N4O2. The van der Waals surface area contributed by atoms with Crippen molar-refractivity contribution in [2.75, 3.05) is 0 Å². The largest absolute Gasteiger partial charge is 0.353 e. The lowest BCUT2D eigenvalue weighted by molar-refractivity contribution is -0.121. The Morgan fingerprint density at radius 2 is 1.96 bits per heavy atom. The maximum Gasteiger partial charge on any atom is 0.255 e. The molecule has 0 radical (unpaired) electrons. The standard InChI is InChI=1S/C18H22N4O2/c1-12-15(11-16(23)21-14-5-3-2-4-6-14)18(24)22-17(20-12)13-7-9-19-10-8-13/h7-10,14H,2-6,11H2,1H3,(H,21,23)(H,20,22,24). The fraction of sp³-hybridized carbons (Fsp3) is 0.444. The Bertz CT molecular complexity index is 764. The van der Waals surface area contributed by atoms with Gasteiger partial charge in [0.25, 0.3) is 5.56 Å². The highest BCUT2D eigenvalue weighted by Crippen LogP contribution is 2.17. The zero-order chi connectivity index (χ0) is 16.9. The molecule has 0 saturated heterocycles. The lowest BCUT2D eigenvalue weighted by Gasteiger charge is -2.22. The molecule has 6 nitrogen and oxygen atoms in total. The molecule has 0 unspecified atom stereocenters. The normalized spacial score (nSPS) is 15.2. The Labute approximate surface area is 140 Å². The van der Waals surface area contributed by atoms with E-state index in [1.54, 1.807) is 31.5 Å². The smallest absolute Gasteiger partial charge is 0.255 e. The number of carbonyl (C=O) groups is 1. The van der Waals surface area contributed by atoms with Crippen molar-refractivity contribution in [1.82, 2.24) is 20.3 Å². The third-order valence-electron chi connectivity index (χ3n) is 4.48. The van der Waals surface area contributed by atoms with Crippen molar-refractivity contribution in [2.45, 2.75) is 51.5 Å². The average molecular weight is 326 g/mol. The molecule has 1 fully saturated rings. The molecule has 0 spiro atoms. The van der Waals surface area contributed by atoms with Crippen LogP contribution in [0.1, 0.15) is 43.4 Å². The number of nitrogens with zero attached hydrogens (tertiary/aromatic N) is 2. The lowest BCUT2D eigenvalue weighted by Crippen LogP contribution is -2.38. The zero-order valence-electron chi connectivity index (χ0n) is 13.8. The fourth-order valence-electron chi connectivity index (χ4n) is 3.15. The van der Waals surface area contributed by atoms with Crippen molar-refractivity contribution in [2.24, 2.45) is 0 Å². The first-order chi connectivity index (χ1) is 11.6. The Morgan fingerprint density at radius 1 is 1.25 bits per heavy atom. The van der Waals surface area contributed by atoms with E-state index < -0.39 is 0 Å². The van der Waals surface area contributed by atoms with Gasteiger partial charge in [0.1, 0.15) is 5.82 Å². The third kappa shape index (κ3) is 3.88.